The van der Waals surface area contributed by atoms with Crippen LogP contribution < -0.4 is 10.1 Å². The van der Waals surface area contributed by atoms with Crippen molar-refractivity contribution in [3.8, 4) is 11.4 Å². The number of ether oxygens (including phenoxy) is 1. The molecule has 168 valence electrons. The predicted molar refractivity (Wildman–Crippen MR) is 128 cm³/mol. The molecule has 1 aliphatic rings. The highest BCUT2D eigenvalue weighted by Gasteiger charge is 2.38. The number of hydrogen-bond donors (Lipinski definition) is 1. The van der Waals surface area contributed by atoms with E-state index in [0.29, 0.717) is 17.5 Å². The monoisotopic (exact) mass is 450 g/mol. The molecule has 0 unspecified atom stereocenters. The molecular formula is C25H30N4O2S. The molecule has 1 heterocycles. The zero-order valence-electron chi connectivity index (χ0n) is 18.9. The lowest BCUT2D eigenvalue weighted by molar-refractivity contribution is -0.118. The number of hydrogen-bond acceptors (Lipinski definition) is 5. The number of benzene rings is 2. The number of amides is 1. The molecule has 1 aromatic heterocycles. The van der Waals surface area contributed by atoms with Crippen molar-refractivity contribution in [3.63, 3.8) is 0 Å². The summed E-state index contributed by atoms with van der Waals surface area (Å²) in [5.41, 5.74) is 4.59. The summed E-state index contributed by atoms with van der Waals surface area (Å²) in [6.07, 6.45) is 6.15. The Labute approximate surface area is 193 Å². The Morgan fingerprint density at radius 2 is 1.94 bits per heavy atom. The summed E-state index contributed by atoms with van der Waals surface area (Å²) in [4.78, 5) is 12.7. The predicted octanol–water partition coefficient (Wildman–Crippen LogP) is 4.61. The van der Waals surface area contributed by atoms with Gasteiger partial charge in [-0.15, -0.1) is 10.2 Å². The van der Waals surface area contributed by atoms with Gasteiger partial charge in [-0.25, -0.2) is 0 Å². The van der Waals surface area contributed by atoms with Crippen LogP contribution in [0.5, 0.6) is 5.75 Å². The van der Waals surface area contributed by atoms with Crippen LogP contribution in [0.3, 0.4) is 0 Å². The molecule has 32 heavy (non-hydrogen) atoms. The van der Waals surface area contributed by atoms with Crippen molar-refractivity contribution in [1.82, 2.24) is 20.1 Å². The summed E-state index contributed by atoms with van der Waals surface area (Å²) in [5, 5.41) is 12.2. The summed E-state index contributed by atoms with van der Waals surface area (Å²) in [5.74, 6) is 1.20. The van der Waals surface area contributed by atoms with E-state index in [4.69, 9.17) is 4.74 Å². The van der Waals surface area contributed by atoms with Gasteiger partial charge in [-0.3, -0.25) is 9.36 Å². The molecule has 3 aromatic rings. The van der Waals surface area contributed by atoms with E-state index in [9.17, 15) is 4.79 Å². The molecule has 0 bridgehead atoms. The Morgan fingerprint density at radius 3 is 2.69 bits per heavy atom. The van der Waals surface area contributed by atoms with Crippen molar-refractivity contribution in [2.24, 2.45) is 0 Å². The first-order chi connectivity index (χ1) is 15.5. The Balaban J connectivity index is 1.41. The lowest BCUT2D eigenvalue weighted by atomic mass is 9.78. The molecule has 1 fully saturated rings. The SMILES string of the molecule is COc1ccccc1C1(CNC(=O)CSc2nncn2-c2ccc(C)c(C)c2)CCCC1. The number of nitrogens with zero attached hydrogens (tertiary/aromatic N) is 3. The summed E-state index contributed by atoms with van der Waals surface area (Å²) < 4.78 is 7.55. The Bertz CT molecular complexity index is 1090. The van der Waals surface area contributed by atoms with Crippen LogP contribution in [0.15, 0.2) is 53.9 Å². The summed E-state index contributed by atoms with van der Waals surface area (Å²) >= 11 is 1.40. The highest BCUT2D eigenvalue weighted by molar-refractivity contribution is 7.99. The first-order valence-electron chi connectivity index (χ1n) is 11.0. The summed E-state index contributed by atoms with van der Waals surface area (Å²) in [6.45, 7) is 4.80. The lowest BCUT2D eigenvalue weighted by Gasteiger charge is -2.31. The van der Waals surface area contributed by atoms with Crippen LogP contribution in [-0.2, 0) is 10.2 Å². The van der Waals surface area contributed by atoms with Crippen LogP contribution in [0.4, 0.5) is 0 Å². The van der Waals surface area contributed by atoms with E-state index in [1.165, 1.54) is 41.3 Å². The normalized spacial score (nSPS) is 15.0. The molecule has 1 amide bonds. The van der Waals surface area contributed by atoms with Crippen molar-refractivity contribution >= 4 is 17.7 Å². The number of carbonyl (C=O) groups excluding carboxylic acids is 1. The van der Waals surface area contributed by atoms with E-state index in [-0.39, 0.29) is 11.3 Å². The lowest BCUT2D eigenvalue weighted by Crippen LogP contribution is -2.40. The minimum absolute atomic E-state index is 0.00538. The fourth-order valence-electron chi connectivity index (χ4n) is 4.50. The third-order valence-electron chi connectivity index (χ3n) is 6.48. The first kappa shape index (κ1) is 22.4. The van der Waals surface area contributed by atoms with Crippen LogP contribution in [0.2, 0.25) is 0 Å². The maximum absolute atomic E-state index is 12.7. The van der Waals surface area contributed by atoms with Crippen LogP contribution in [-0.4, -0.2) is 40.1 Å². The number of rotatable bonds is 8. The zero-order chi connectivity index (χ0) is 22.6. The van der Waals surface area contributed by atoms with Gasteiger partial charge < -0.3 is 10.1 Å². The first-order valence-corrected chi connectivity index (χ1v) is 12.0. The molecule has 6 nitrogen and oxygen atoms in total. The Kier molecular flexibility index (Phi) is 6.84. The topological polar surface area (TPSA) is 69.0 Å². The van der Waals surface area contributed by atoms with Crippen molar-refractivity contribution in [1.29, 1.82) is 0 Å². The van der Waals surface area contributed by atoms with Gasteiger partial charge in [0, 0.05) is 23.2 Å². The van der Waals surface area contributed by atoms with Gasteiger partial charge in [-0.05, 0) is 56.0 Å². The van der Waals surface area contributed by atoms with Gasteiger partial charge in [-0.2, -0.15) is 0 Å². The molecule has 2 aromatic carbocycles. The molecule has 7 heteroatoms. The van der Waals surface area contributed by atoms with Gasteiger partial charge >= 0.3 is 0 Å². The van der Waals surface area contributed by atoms with Gasteiger partial charge in [0.05, 0.1) is 12.9 Å². The van der Waals surface area contributed by atoms with Crippen molar-refractivity contribution in [2.45, 2.75) is 50.1 Å². The molecule has 1 N–H and O–H groups in total. The molecule has 0 spiro atoms. The summed E-state index contributed by atoms with van der Waals surface area (Å²) in [7, 11) is 1.71. The van der Waals surface area contributed by atoms with Gasteiger partial charge in [0.1, 0.15) is 12.1 Å². The second-order valence-corrected chi connectivity index (χ2v) is 9.45. The summed E-state index contributed by atoms with van der Waals surface area (Å²) in [6, 6.07) is 14.4. The number of nitrogens with one attached hydrogen (secondary N) is 1. The fraction of sp³-hybridized carbons (Fsp3) is 0.400. The number of para-hydroxylation sites is 1. The highest BCUT2D eigenvalue weighted by atomic mass is 32.2. The van der Waals surface area contributed by atoms with Gasteiger partial charge in [0.25, 0.3) is 0 Å². The molecule has 1 aliphatic carbocycles. The molecule has 0 atom stereocenters. The number of methoxy groups -OCH3 is 1. The fourth-order valence-corrected chi connectivity index (χ4v) is 5.26. The van der Waals surface area contributed by atoms with E-state index in [1.54, 1.807) is 13.4 Å². The van der Waals surface area contributed by atoms with Gasteiger partial charge in [-0.1, -0.05) is 48.9 Å². The largest absolute Gasteiger partial charge is 0.496 e. The molecule has 0 aliphatic heterocycles. The average Bonchev–Trinajstić information content (AvgIpc) is 3.48. The number of aromatic nitrogens is 3. The van der Waals surface area contributed by atoms with Crippen LogP contribution >= 0.6 is 11.8 Å². The molecule has 1 saturated carbocycles. The van der Waals surface area contributed by atoms with Crippen LogP contribution in [0.25, 0.3) is 5.69 Å². The minimum Gasteiger partial charge on any atom is -0.496 e. The number of carbonyl (C=O) groups is 1. The van der Waals surface area contributed by atoms with E-state index < -0.39 is 0 Å². The molecule has 0 radical (unpaired) electrons. The molecule has 4 rings (SSSR count). The van der Waals surface area contributed by atoms with Crippen LogP contribution in [0.1, 0.15) is 42.4 Å². The second-order valence-electron chi connectivity index (χ2n) is 8.51. The van der Waals surface area contributed by atoms with Crippen molar-refractivity contribution in [2.75, 3.05) is 19.4 Å². The second kappa shape index (κ2) is 9.77. The average molecular weight is 451 g/mol. The third-order valence-corrected chi connectivity index (χ3v) is 7.42. The van der Waals surface area contributed by atoms with Gasteiger partial charge in [0.15, 0.2) is 5.16 Å². The minimum atomic E-state index is -0.0631. The zero-order valence-corrected chi connectivity index (χ0v) is 19.7. The molecular weight excluding hydrogens is 420 g/mol. The number of thioether (sulfide) groups is 1. The van der Waals surface area contributed by atoms with Gasteiger partial charge in [0.2, 0.25) is 5.91 Å². The maximum atomic E-state index is 12.7. The standard InChI is InChI=1S/C25H30N4O2S/c1-18-10-11-20(14-19(18)2)29-17-27-28-24(29)32-15-23(30)26-16-25(12-6-7-13-25)21-8-4-5-9-22(21)31-3/h4-5,8-11,14,17H,6-7,12-13,15-16H2,1-3H3,(H,26,30). The van der Waals surface area contributed by atoms with E-state index in [2.05, 4.69) is 53.6 Å². The smallest absolute Gasteiger partial charge is 0.230 e. The Morgan fingerprint density at radius 1 is 1.16 bits per heavy atom. The van der Waals surface area contributed by atoms with E-state index >= 15 is 0 Å². The molecule has 0 saturated heterocycles. The quantitative estimate of drug-likeness (QED) is 0.508. The van der Waals surface area contributed by atoms with Crippen LogP contribution in [0, 0.1) is 13.8 Å². The third kappa shape index (κ3) is 4.67. The van der Waals surface area contributed by atoms with Crippen molar-refractivity contribution < 1.29 is 9.53 Å². The highest BCUT2D eigenvalue weighted by Crippen LogP contribution is 2.44. The van der Waals surface area contributed by atoms with E-state index in [1.807, 2.05) is 22.8 Å². The van der Waals surface area contributed by atoms with E-state index in [0.717, 1.165) is 24.3 Å². The Hall–Kier alpha value is -2.80. The number of aryl methyl sites for hydroxylation is 2. The van der Waals surface area contributed by atoms with Crippen molar-refractivity contribution in [3.05, 3.63) is 65.5 Å². The maximum Gasteiger partial charge on any atom is 0.230 e.